The molecule has 2 unspecified atom stereocenters. The van der Waals surface area contributed by atoms with Gasteiger partial charge in [0.15, 0.2) is 6.23 Å². The van der Waals surface area contributed by atoms with Gasteiger partial charge in [0.2, 0.25) is 0 Å². The molecule has 0 aliphatic carbocycles. The first kappa shape index (κ1) is 25.4. The van der Waals surface area contributed by atoms with Crippen molar-refractivity contribution in [1.82, 2.24) is 5.32 Å². The number of amides is 2. The molecular formula is C27H29ClN4O4S. The topological polar surface area (TPSA) is 94.1 Å². The molecule has 0 saturated carbocycles. The first-order chi connectivity index (χ1) is 18.0. The van der Waals surface area contributed by atoms with Crippen molar-refractivity contribution in [2.24, 2.45) is 0 Å². The molecule has 0 bridgehead atoms. The van der Waals surface area contributed by atoms with E-state index in [0.29, 0.717) is 21.4 Å². The number of aliphatic hydroxyl groups excluding tert-OH is 1. The molecule has 2 aliphatic rings. The molecule has 1 aromatic heterocycles. The summed E-state index contributed by atoms with van der Waals surface area (Å²) in [7, 11) is 0. The Morgan fingerprint density at radius 1 is 1.11 bits per heavy atom. The van der Waals surface area contributed by atoms with Crippen molar-refractivity contribution in [3.05, 3.63) is 75.4 Å². The van der Waals surface area contributed by atoms with E-state index in [1.54, 1.807) is 17.0 Å². The third kappa shape index (κ3) is 6.01. The number of nitrogens with one attached hydrogen (secondary N) is 2. The minimum Gasteiger partial charge on any atom is -0.442 e. The van der Waals surface area contributed by atoms with E-state index in [4.69, 9.17) is 16.3 Å². The molecule has 3 heterocycles. The number of cyclic esters (lactones) is 1. The fraction of sp³-hybridized carbons (Fsp3) is 0.333. The molecule has 0 spiro atoms. The van der Waals surface area contributed by atoms with Gasteiger partial charge in [-0.25, -0.2) is 4.79 Å². The molecule has 2 atom stereocenters. The van der Waals surface area contributed by atoms with Crippen LogP contribution in [-0.2, 0) is 4.74 Å². The first-order valence-electron chi connectivity index (χ1n) is 12.4. The van der Waals surface area contributed by atoms with Gasteiger partial charge in [0.25, 0.3) is 5.91 Å². The van der Waals surface area contributed by atoms with Crippen molar-refractivity contribution in [2.45, 2.75) is 31.6 Å². The molecule has 0 radical (unpaired) electrons. The van der Waals surface area contributed by atoms with Gasteiger partial charge in [0.1, 0.15) is 6.10 Å². The first-order valence-corrected chi connectivity index (χ1v) is 13.6. The lowest BCUT2D eigenvalue weighted by Gasteiger charge is -2.32. The van der Waals surface area contributed by atoms with E-state index in [-0.39, 0.29) is 12.5 Å². The molecule has 2 fully saturated rings. The fourth-order valence-electron chi connectivity index (χ4n) is 4.65. The summed E-state index contributed by atoms with van der Waals surface area (Å²) in [6, 6.07) is 18.5. The van der Waals surface area contributed by atoms with Gasteiger partial charge >= 0.3 is 6.09 Å². The summed E-state index contributed by atoms with van der Waals surface area (Å²) in [5, 5.41) is 16.9. The second kappa shape index (κ2) is 11.4. The standard InChI is InChI=1S/C27H29ClN4O4S/c28-24-12-11-23(37-24)26(34)29-16-20-17-32(27(35)36-20)19-9-10-22(31-13-5-2-6-14-31)21(15-19)30-25(33)18-7-3-1-4-8-18/h1,3-4,7-12,15,20,25,30,33H,2,5-6,13-14,16-17H2,(H,29,34). The monoisotopic (exact) mass is 540 g/mol. The highest BCUT2D eigenvalue weighted by Gasteiger charge is 2.33. The van der Waals surface area contributed by atoms with Gasteiger partial charge in [-0.15, -0.1) is 11.3 Å². The van der Waals surface area contributed by atoms with Gasteiger partial charge in [0.05, 0.1) is 33.7 Å². The molecule has 37 heavy (non-hydrogen) atoms. The van der Waals surface area contributed by atoms with Crippen LogP contribution in [0.1, 0.15) is 40.7 Å². The zero-order valence-corrected chi connectivity index (χ0v) is 21.8. The molecule has 5 rings (SSSR count). The lowest BCUT2D eigenvalue weighted by molar-refractivity contribution is 0.0920. The van der Waals surface area contributed by atoms with Crippen LogP contribution < -0.4 is 20.4 Å². The Labute approximate surface area is 224 Å². The highest BCUT2D eigenvalue weighted by Crippen LogP contribution is 2.35. The van der Waals surface area contributed by atoms with Crippen LogP contribution in [0.3, 0.4) is 0 Å². The maximum absolute atomic E-state index is 12.7. The molecule has 3 aromatic rings. The second-order valence-electron chi connectivity index (χ2n) is 9.14. The number of benzene rings is 2. The van der Waals surface area contributed by atoms with Crippen LogP contribution in [-0.4, -0.2) is 49.4 Å². The number of thiophene rings is 1. The minimum absolute atomic E-state index is 0.195. The number of nitrogens with zero attached hydrogens (tertiary/aromatic N) is 2. The van der Waals surface area contributed by atoms with Crippen LogP contribution in [0.25, 0.3) is 0 Å². The van der Waals surface area contributed by atoms with Crippen LogP contribution >= 0.6 is 22.9 Å². The van der Waals surface area contributed by atoms with Crippen LogP contribution in [0, 0.1) is 0 Å². The third-order valence-electron chi connectivity index (χ3n) is 6.56. The molecule has 2 saturated heterocycles. The second-order valence-corrected chi connectivity index (χ2v) is 10.9. The molecule has 2 aliphatic heterocycles. The predicted molar refractivity (Wildman–Crippen MR) is 147 cm³/mol. The molecule has 194 valence electrons. The Kier molecular flexibility index (Phi) is 7.83. The maximum atomic E-state index is 12.7. The Bertz CT molecular complexity index is 1250. The summed E-state index contributed by atoms with van der Waals surface area (Å²) in [5.74, 6) is -0.251. The fourth-order valence-corrected chi connectivity index (χ4v) is 5.61. The number of piperidine rings is 1. The lowest BCUT2D eigenvalue weighted by atomic mass is 10.1. The van der Waals surface area contributed by atoms with Crippen molar-refractivity contribution in [3.63, 3.8) is 0 Å². The Morgan fingerprint density at radius 2 is 1.89 bits per heavy atom. The Hall–Kier alpha value is -3.27. The molecule has 8 nitrogen and oxygen atoms in total. The van der Waals surface area contributed by atoms with Gasteiger partial charge in [-0.2, -0.15) is 0 Å². The van der Waals surface area contributed by atoms with Crippen molar-refractivity contribution in [3.8, 4) is 0 Å². The average molecular weight is 541 g/mol. The molecule has 3 N–H and O–H groups in total. The van der Waals surface area contributed by atoms with Crippen molar-refractivity contribution in [2.75, 3.05) is 41.3 Å². The number of hydrogen-bond acceptors (Lipinski definition) is 7. The summed E-state index contributed by atoms with van der Waals surface area (Å²) >= 11 is 7.11. The SMILES string of the molecule is O=C(NCC1CN(c2ccc(N3CCCCC3)c(NC(O)c3ccccc3)c2)C(=O)O1)c1ccc(Cl)s1. The quantitative estimate of drug-likeness (QED) is 0.338. The number of hydrogen-bond donors (Lipinski definition) is 3. The third-order valence-corrected chi connectivity index (χ3v) is 7.79. The van der Waals surface area contributed by atoms with Gasteiger partial charge < -0.3 is 25.4 Å². The number of rotatable bonds is 8. The van der Waals surface area contributed by atoms with E-state index in [1.807, 2.05) is 48.5 Å². The highest BCUT2D eigenvalue weighted by atomic mass is 35.5. The van der Waals surface area contributed by atoms with Gasteiger partial charge in [-0.05, 0) is 49.6 Å². The van der Waals surface area contributed by atoms with E-state index in [1.165, 1.54) is 17.8 Å². The zero-order valence-electron chi connectivity index (χ0n) is 20.2. The largest absolute Gasteiger partial charge is 0.442 e. The van der Waals surface area contributed by atoms with E-state index in [0.717, 1.165) is 42.9 Å². The van der Waals surface area contributed by atoms with Crippen LogP contribution in [0.5, 0.6) is 0 Å². The van der Waals surface area contributed by atoms with Crippen molar-refractivity contribution >= 4 is 52.0 Å². The molecule has 2 amide bonds. The normalized spacial score (nSPS) is 18.4. The maximum Gasteiger partial charge on any atom is 0.414 e. The summed E-state index contributed by atoms with van der Waals surface area (Å²) in [6.07, 6.45) is 1.58. The number of carbonyl (C=O) groups excluding carboxylic acids is 2. The Morgan fingerprint density at radius 3 is 2.62 bits per heavy atom. The summed E-state index contributed by atoms with van der Waals surface area (Å²) < 4.78 is 6.07. The van der Waals surface area contributed by atoms with E-state index in [9.17, 15) is 14.7 Å². The Balaban J connectivity index is 1.31. The molecule has 10 heteroatoms. The predicted octanol–water partition coefficient (Wildman–Crippen LogP) is 5.25. The van der Waals surface area contributed by atoms with Crippen molar-refractivity contribution < 1.29 is 19.4 Å². The number of carbonyl (C=O) groups is 2. The van der Waals surface area contributed by atoms with E-state index >= 15 is 0 Å². The number of aliphatic hydroxyl groups is 1. The summed E-state index contributed by atoms with van der Waals surface area (Å²) in [4.78, 5) is 29.5. The molecular weight excluding hydrogens is 512 g/mol. The van der Waals surface area contributed by atoms with Gasteiger partial charge in [-0.1, -0.05) is 41.9 Å². The van der Waals surface area contributed by atoms with Gasteiger partial charge in [0, 0.05) is 24.3 Å². The number of halogens is 1. The van der Waals surface area contributed by atoms with E-state index < -0.39 is 18.4 Å². The lowest BCUT2D eigenvalue weighted by Crippen LogP contribution is -2.34. The zero-order chi connectivity index (χ0) is 25.8. The highest BCUT2D eigenvalue weighted by molar-refractivity contribution is 7.18. The minimum atomic E-state index is -0.903. The van der Waals surface area contributed by atoms with E-state index in [2.05, 4.69) is 15.5 Å². The summed E-state index contributed by atoms with van der Waals surface area (Å²) in [5.41, 5.74) is 3.15. The van der Waals surface area contributed by atoms with Crippen LogP contribution in [0.15, 0.2) is 60.7 Å². The average Bonchev–Trinajstić information content (AvgIpc) is 3.53. The summed E-state index contributed by atoms with van der Waals surface area (Å²) in [6.45, 7) is 2.38. The van der Waals surface area contributed by atoms with Crippen molar-refractivity contribution in [1.29, 1.82) is 0 Å². The number of ether oxygens (including phenoxy) is 1. The smallest absolute Gasteiger partial charge is 0.414 e. The van der Waals surface area contributed by atoms with Crippen LogP contribution in [0.4, 0.5) is 21.9 Å². The van der Waals surface area contributed by atoms with Crippen LogP contribution in [0.2, 0.25) is 4.34 Å². The van der Waals surface area contributed by atoms with Gasteiger partial charge in [-0.3, -0.25) is 9.69 Å². The number of anilines is 3. The molecule has 2 aromatic carbocycles.